The van der Waals surface area contributed by atoms with Gasteiger partial charge in [-0.05, 0) is 12.5 Å². The highest BCUT2D eigenvalue weighted by atomic mass is 32.2. The fourth-order valence-electron chi connectivity index (χ4n) is 2.35. The number of sulfone groups is 1. The smallest absolute Gasteiger partial charge is 0.248 e. The van der Waals surface area contributed by atoms with Gasteiger partial charge < -0.3 is 9.30 Å². The van der Waals surface area contributed by atoms with Crippen molar-refractivity contribution in [3.8, 4) is 6.07 Å². The lowest BCUT2D eigenvalue weighted by atomic mass is 10.2. The van der Waals surface area contributed by atoms with Gasteiger partial charge in [-0.2, -0.15) is 10.2 Å². The van der Waals surface area contributed by atoms with Crippen molar-refractivity contribution < 1.29 is 13.2 Å². The summed E-state index contributed by atoms with van der Waals surface area (Å²) in [5.74, 6) is 0. The summed E-state index contributed by atoms with van der Waals surface area (Å²) in [4.78, 5) is 7.96. The Labute approximate surface area is 115 Å². The minimum absolute atomic E-state index is 0.00413. The summed E-state index contributed by atoms with van der Waals surface area (Å²) in [7, 11) is -3.48. The number of hydrogen-bond donors (Lipinski definition) is 0. The van der Waals surface area contributed by atoms with Gasteiger partial charge in [0, 0.05) is 24.4 Å². The number of rotatable bonds is 2. The molecule has 7 nitrogen and oxygen atoms in total. The van der Waals surface area contributed by atoms with Crippen molar-refractivity contribution in [2.45, 2.75) is 17.6 Å². The first-order chi connectivity index (χ1) is 9.50. The SMILES string of the molecule is CS(=O)(=O)c1ncc2cc(C#N)n(C3CCOC3)c2n1. The number of fused-ring (bicyclic) bond motifs is 1. The van der Waals surface area contributed by atoms with Crippen LogP contribution in [-0.4, -0.2) is 42.4 Å². The predicted octanol–water partition coefficient (Wildman–Crippen LogP) is 0.668. The molecule has 0 N–H and O–H groups in total. The Morgan fingerprint density at radius 2 is 2.35 bits per heavy atom. The van der Waals surface area contributed by atoms with Crippen LogP contribution in [0.25, 0.3) is 11.0 Å². The first-order valence-corrected chi connectivity index (χ1v) is 7.96. The van der Waals surface area contributed by atoms with Gasteiger partial charge in [-0.1, -0.05) is 0 Å². The molecule has 0 aliphatic carbocycles. The van der Waals surface area contributed by atoms with E-state index < -0.39 is 9.84 Å². The highest BCUT2D eigenvalue weighted by Gasteiger charge is 2.24. The third-order valence-corrected chi connectivity index (χ3v) is 4.13. The van der Waals surface area contributed by atoms with E-state index in [-0.39, 0.29) is 11.2 Å². The molecule has 8 heteroatoms. The molecule has 3 rings (SSSR count). The van der Waals surface area contributed by atoms with Gasteiger partial charge in [0.2, 0.25) is 15.0 Å². The average molecular weight is 292 g/mol. The Morgan fingerprint density at radius 3 is 2.95 bits per heavy atom. The largest absolute Gasteiger partial charge is 0.379 e. The van der Waals surface area contributed by atoms with Crippen LogP contribution in [0.3, 0.4) is 0 Å². The Morgan fingerprint density at radius 1 is 1.55 bits per heavy atom. The summed E-state index contributed by atoms with van der Waals surface area (Å²) in [6, 6.07) is 3.78. The normalized spacial score (nSPS) is 19.3. The van der Waals surface area contributed by atoms with Crippen molar-refractivity contribution >= 4 is 20.9 Å². The zero-order valence-corrected chi connectivity index (χ0v) is 11.6. The van der Waals surface area contributed by atoms with Crippen molar-refractivity contribution in [3.05, 3.63) is 18.0 Å². The lowest BCUT2D eigenvalue weighted by Crippen LogP contribution is -2.12. The monoisotopic (exact) mass is 292 g/mol. The molecule has 1 fully saturated rings. The molecule has 1 atom stereocenters. The summed E-state index contributed by atoms with van der Waals surface area (Å²) in [5, 5.41) is 9.66. The highest BCUT2D eigenvalue weighted by Crippen LogP contribution is 2.27. The highest BCUT2D eigenvalue weighted by molar-refractivity contribution is 7.90. The molecule has 0 radical (unpaired) electrons. The van der Waals surface area contributed by atoms with Crippen LogP contribution in [-0.2, 0) is 14.6 Å². The summed E-state index contributed by atoms with van der Waals surface area (Å²) < 4.78 is 30.2. The zero-order chi connectivity index (χ0) is 14.3. The fourth-order valence-corrected chi connectivity index (χ4v) is 2.85. The molecular formula is C12H12N4O3S. The maximum atomic E-state index is 11.6. The summed E-state index contributed by atoms with van der Waals surface area (Å²) in [6.45, 7) is 1.12. The third kappa shape index (κ3) is 2.05. The molecule has 0 spiro atoms. The van der Waals surface area contributed by atoms with Crippen LogP contribution in [0, 0.1) is 11.3 Å². The second-order valence-electron chi connectivity index (χ2n) is 4.73. The van der Waals surface area contributed by atoms with E-state index in [1.165, 1.54) is 6.20 Å². The van der Waals surface area contributed by atoms with Crippen molar-refractivity contribution in [2.75, 3.05) is 19.5 Å². The van der Waals surface area contributed by atoms with Crippen molar-refractivity contribution in [2.24, 2.45) is 0 Å². The van der Waals surface area contributed by atoms with E-state index in [0.717, 1.165) is 12.7 Å². The standard InChI is InChI=1S/C12H12N4O3S/c1-20(17,18)12-14-6-8-4-10(5-13)16(11(8)15-12)9-2-3-19-7-9/h4,6,9H,2-3,7H2,1H3. The first kappa shape index (κ1) is 13.0. The van der Waals surface area contributed by atoms with Crippen LogP contribution < -0.4 is 0 Å². The summed E-state index contributed by atoms with van der Waals surface area (Å²) in [6.07, 6.45) is 3.27. The van der Waals surface area contributed by atoms with Crippen LogP contribution in [0.1, 0.15) is 18.2 Å². The van der Waals surface area contributed by atoms with Crippen LogP contribution >= 0.6 is 0 Å². The van der Waals surface area contributed by atoms with Gasteiger partial charge in [0.05, 0.1) is 12.6 Å². The molecular weight excluding hydrogens is 280 g/mol. The molecule has 20 heavy (non-hydrogen) atoms. The topological polar surface area (TPSA) is 97.9 Å². The maximum absolute atomic E-state index is 11.6. The van der Waals surface area contributed by atoms with E-state index in [1.54, 1.807) is 10.6 Å². The Balaban J connectivity index is 2.27. The van der Waals surface area contributed by atoms with E-state index in [9.17, 15) is 13.7 Å². The van der Waals surface area contributed by atoms with Crippen LogP contribution in [0.4, 0.5) is 0 Å². The second kappa shape index (κ2) is 4.54. The van der Waals surface area contributed by atoms with Gasteiger partial charge in [-0.15, -0.1) is 0 Å². The number of hydrogen-bond acceptors (Lipinski definition) is 6. The molecule has 104 valence electrons. The zero-order valence-electron chi connectivity index (χ0n) is 10.8. The molecule has 2 aromatic rings. The molecule has 0 saturated carbocycles. The lowest BCUT2D eigenvalue weighted by molar-refractivity contribution is 0.187. The molecule has 1 aliphatic heterocycles. The van der Waals surface area contributed by atoms with Crippen molar-refractivity contribution in [3.63, 3.8) is 0 Å². The predicted molar refractivity (Wildman–Crippen MR) is 69.8 cm³/mol. The summed E-state index contributed by atoms with van der Waals surface area (Å²) >= 11 is 0. The number of nitrogens with zero attached hydrogens (tertiary/aromatic N) is 4. The average Bonchev–Trinajstić information content (AvgIpc) is 3.02. The van der Waals surface area contributed by atoms with Crippen LogP contribution in [0.5, 0.6) is 0 Å². The lowest BCUT2D eigenvalue weighted by Gasteiger charge is -2.12. The van der Waals surface area contributed by atoms with E-state index in [0.29, 0.717) is 29.9 Å². The molecule has 1 saturated heterocycles. The third-order valence-electron chi connectivity index (χ3n) is 3.27. The summed E-state index contributed by atoms with van der Waals surface area (Å²) in [5.41, 5.74) is 0.905. The van der Waals surface area contributed by atoms with E-state index in [4.69, 9.17) is 4.74 Å². The molecule has 2 aromatic heterocycles. The maximum Gasteiger partial charge on any atom is 0.248 e. The molecule has 0 amide bonds. The number of nitriles is 1. The quantitative estimate of drug-likeness (QED) is 0.754. The Kier molecular flexibility index (Phi) is 2.96. The van der Waals surface area contributed by atoms with Gasteiger partial charge in [-0.25, -0.2) is 13.4 Å². The molecule has 0 aromatic carbocycles. The van der Waals surface area contributed by atoms with Crippen molar-refractivity contribution in [1.29, 1.82) is 5.26 Å². The molecule has 1 aliphatic rings. The number of ether oxygens (including phenoxy) is 1. The Bertz CT molecular complexity index is 813. The minimum atomic E-state index is -3.48. The van der Waals surface area contributed by atoms with Crippen LogP contribution in [0.15, 0.2) is 17.4 Å². The fraction of sp³-hybridized carbons (Fsp3) is 0.417. The van der Waals surface area contributed by atoms with Gasteiger partial charge >= 0.3 is 0 Å². The minimum Gasteiger partial charge on any atom is -0.379 e. The van der Waals surface area contributed by atoms with E-state index in [2.05, 4.69) is 16.0 Å². The second-order valence-corrected chi connectivity index (χ2v) is 6.64. The van der Waals surface area contributed by atoms with Crippen LogP contribution in [0.2, 0.25) is 0 Å². The van der Waals surface area contributed by atoms with E-state index >= 15 is 0 Å². The van der Waals surface area contributed by atoms with E-state index in [1.807, 2.05) is 0 Å². The van der Waals surface area contributed by atoms with Gasteiger partial charge in [0.25, 0.3) is 0 Å². The Hall–Kier alpha value is -1.98. The molecule has 1 unspecified atom stereocenters. The first-order valence-electron chi connectivity index (χ1n) is 6.06. The van der Waals surface area contributed by atoms with Gasteiger partial charge in [0.1, 0.15) is 17.4 Å². The molecule has 3 heterocycles. The number of aromatic nitrogens is 3. The van der Waals surface area contributed by atoms with Gasteiger partial charge in [0.15, 0.2) is 0 Å². The molecule has 0 bridgehead atoms. The van der Waals surface area contributed by atoms with Gasteiger partial charge in [-0.3, -0.25) is 0 Å². The van der Waals surface area contributed by atoms with Crippen molar-refractivity contribution in [1.82, 2.24) is 14.5 Å².